The molecule has 4 rings (SSSR count). The monoisotopic (exact) mass is 382 g/mol. The van der Waals surface area contributed by atoms with Crippen LogP contribution in [-0.2, 0) is 0 Å². The molecule has 7 heteroatoms. The third-order valence-corrected chi connectivity index (χ3v) is 5.69. The Kier molecular flexibility index (Phi) is 4.20. The minimum atomic E-state index is -0.00988. The lowest BCUT2D eigenvalue weighted by Gasteiger charge is -2.19. The van der Waals surface area contributed by atoms with Gasteiger partial charge in [0.15, 0.2) is 0 Å². The molecule has 0 spiro atoms. The van der Waals surface area contributed by atoms with Gasteiger partial charge in [-0.25, -0.2) is 15.0 Å². The van der Waals surface area contributed by atoms with E-state index in [-0.39, 0.29) is 10.5 Å². The number of anilines is 2. The molecule has 4 aromatic rings. The predicted molar refractivity (Wildman–Crippen MR) is 110 cm³/mol. The summed E-state index contributed by atoms with van der Waals surface area (Å²) in [7, 11) is 0. The average Bonchev–Trinajstić information content (AvgIpc) is 3.02. The zero-order valence-corrected chi connectivity index (χ0v) is 16.3. The van der Waals surface area contributed by atoms with E-state index in [1.54, 1.807) is 29.2 Å². The van der Waals surface area contributed by atoms with Crippen LogP contribution in [0.25, 0.3) is 21.1 Å². The molecule has 2 aromatic carbocycles. The highest BCUT2D eigenvalue weighted by molar-refractivity contribution is 8.00. The molecule has 0 saturated carbocycles. The highest BCUT2D eigenvalue weighted by atomic mass is 32.2. The van der Waals surface area contributed by atoms with E-state index >= 15 is 0 Å². The number of benzene rings is 2. The normalized spacial score (nSPS) is 12.0. The van der Waals surface area contributed by atoms with E-state index in [0.29, 0.717) is 11.3 Å². The van der Waals surface area contributed by atoms with E-state index in [2.05, 4.69) is 41.0 Å². The molecule has 0 unspecified atom stereocenters. The molecule has 0 aliphatic rings. The number of hydrogen-bond acceptors (Lipinski definition) is 7. The van der Waals surface area contributed by atoms with Crippen molar-refractivity contribution in [1.29, 1.82) is 0 Å². The first kappa shape index (κ1) is 17.1. The van der Waals surface area contributed by atoms with Gasteiger partial charge in [0.2, 0.25) is 0 Å². The molecule has 132 valence electrons. The summed E-state index contributed by atoms with van der Waals surface area (Å²) < 4.78 is 1.14. The highest BCUT2D eigenvalue weighted by Gasteiger charge is 2.17. The lowest BCUT2D eigenvalue weighted by Crippen LogP contribution is -2.06. The standard InChI is InChI=1S/C19H18N4OS2/c1-19(2,3)26-17-7-12-13(8-15(17)24)20-9-21-18(12)23-11-4-5-16-14(6-11)22-10-25-16/h4-10,24H,1-3H3,(H,20,21,23). The first-order valence-electron chi connectivity index (χ1n) is 8.16. The highest BCUT2D eigenvalue weighted by Crippen LogP contribution is 2.40. The second-order valence-electron chi connectivity index (χ2n) is 6.93. The third-order valence-electron chi connectivity index (χ3n) is 3.73. The van der Waals surface area contributed by atoms with Crippen LogP contribution in [-0.4, -0.2) is 24.8 Å². The molecule has 0 saturated heterocycles. The summed E-state index contributed by atoms with van der Waals surface area (Å²) >= 11 is 3.24. The van der Waals surface area contributed by atoms with Gasteiger partial charge in [-0.2, -0.15) is 0 Å². The molecule has 0 bridgehead atoms. The number of thioether (sulfide) groups is 1. The smallest absolute Gasteiger partial charge is 0.141 e. The van der Waals surface area contributed by atoms with Gasteiger partial charge in [-0.1, -0.05) is 20.8 Å². The number of phenols is 1. The maximum absolute atomic E-state index is 10.3. The first-order chi connectivity index (χ1) is 12.4. The van der Waals surface area contributed by atoms with Crippen LogP contribution < -0.4 is 5.32 Å². The van der Waals surface area contributed by atoms with Gasteiger partial charge < -0.3 is 10.4 Å². The zero-order chi connectivity index (χ0) is 18.3. The topological polar surface area (TPSA) is 70.9 Å². The van der Waals surface area contributed by atoms with Crippen molar-refractivity contribution in [3.8, 4) is 5.75 Å². The number of nitrogens with one attached hydrogen (secondary N) is 1. The summed E-state index contributed by atoms with van der Waals surface area (Å²) in [4.78, 5) is 13.9. The number of nitrogens with zero attached hydrogens (tertiary/aromatic N) is 3. The lowest BCUT2D eigenvalue weighted by atomic mass is 10.2. The van der Waals surface area contributed by atoms with Crippen LogP contribution in [0.15, 0.2) is 47.1 Å². The Morgan fingerprint density at radius 1 is 1.04 bits per heavy atom. The Morgan fingerprint density at radius 2 is 1.88 bits per heavy atom. The maximum Gasteiger partial charge on any atom is 0.141 e. The number of aromatic nitrogens is 3. The van der Waals surface area contributed by atoms with Crippen molar-refractivity contribution in [1.82, 2.24) is 15.0 Å². The summed E-state index contributed by atoms with van der Waals surface area (Å²) in [5, 5.41) is 14.6. The van der Waals surface area contributed by atoms with Crippen molar-refractivity contribution in [3.63, 3.8) is 0 Å². The van der Waals surface area contributed by atoms with Crippen LogP contribution in [0, 0.1) is 0 Å². The van der Waals surface area contributed by atoms with Crippen molar-refractivity contribution in [2.75, 3.05) is 5.32 Å². The molecular formula is C19H18N4OS2. The second-order valence-corrected chi connectivity index (χ2v) is 9.69. The van der Waals surface area contributed by atoms with Crippen LogP contribution in [0.5, 0.6) is 5.75 Å². The summed E-state index contributed by atoms with van der Waals surface area (Å²) in [6.07, 6.45) is 1.50. The van der Waals surface area contributed by atoms with Crippen LogP contribution >= 0.6 is 23.1 Å². The van der Waals surface area contributed by atoms with Crippen molar-refractivity contribution in [3.05, 3.63) is 42.2 Å². The summed E-state index contributed by atoms with van der Waals surface area (Å²) in [5.74, 6) is 0.950. The Labute approximate surface area is 159 Å². The maximum atomic E-state index is 10.3. The number of phenolic OH excluding ortho intramolecular Hbond substituents is 1. The molecule has 0 radical (unpaired) electrons. The molecule has 26 heavy (non-hydrogen) atoms. The van der Waals surface area contributed by atoms with Crippen molar-refractivity contribution < 1.29 is 5.11 Å². The van der Waals surface area contributed by atoms with Crippen LogP contribution in [0.2, 0.25) is 0 Å². The van der Waals surface area contributed by atoms with Crippen LogP contribution in [0.1, 0.15) is 20.8 Å². The van der Waals surface area contributed by atoms with E-state index in [0.717, 1.165) is 26.2 Å². The minimum Gasteiger partial charge on any atom is -0.507 e. The van der Waals surface area contributed by atoms with E-state index < -0.39 is 0 Å². The Balaban J connectivity index is 1.77. The first-order valence-corrected chi connectivity index (χ1v) is 9.86. The molecule has 2 heterocycles. The Bertz CT molecular complexity index is 1100. The molecule has 2 aromatic heterocycles. The van der Waals surface area contributed by atoms with E-state index in [4.69, 9.17) is 0 Å². The summed E-state index contributed by atoms with van der Waals surface area (Å²) in [6, 6.07) is 9.71. The van der Waals surface area contributed by atoms with Crippen LogP contribution in [0.3, 0.4) is 0 Å². The fourth-order valence-electron chi connectivity index (χ4n) is 2.66. The lowest BCUT2D eigenvalue weighted by molar-refractivity contribution is 0.463. The molecule has 0 amide bonds. The summed E-state index contributed by atoms with van der Waals surface area (Å²) in [5.41, 5.74) is 4.42. The van der Waals surface area contributed by atoms with Gasteiger partial charge in [-0.05, 0) is 24.3 Å². The van der Waals surface area contributed by atoms with Gasteiger partial charge in [0.05, 0.1) is 26.1 Å². The predicted octanol–water partition coefficient (Wildman–Crippen LogP) is 5.58. The molecule has 2 N–H and O–H groups in total. The van der Waals surface area contributed by atoms with Crippen molar-refractivity contribution in [2.45, 2.75) is 30.4 Å². The Hall–Kier alpha value is -2.38. The van der Waals surface area contributed by atoms with Gasteiger partial charge in [-0.3, -0.25) is 0 Å². The third kappa shape index (κ3) is 3.45. The van der Waals surface area contributed by atoms with E-state index in [1.165, 1.54) is 6.33 Å². The minimum absolute atomic E-state index is 0.00988. The molecule has 0 atom stereocenters. The van der Waals surface area contributed by atoms with Crippen LogP contribution in [0.4, 0.5) is 11.5 Å². The largest absolute Gasteiger partial charge is 0.507 e. The van der Waals surface area contributed by atoms with Crippen molar-refractivity contribution >= 4 is 55.7 Å². The van der Waals surface area contributed by atoms with Gasteiger partial charge in [0, 0.05) is 21.9 Å². The summed E-state index contributed by atoms with van der Waals surface area (Å²) in [6.45, 7) is 6.35. The van der Waals surface area contributed by atoms with Gasteiger partial charge in [0.25, 0.3) is 0 Å². The van der Waals surface area contributed by atoms with Crippen molar-refractivity contribution in [2.24, 2.45) is 0 Å². The van der Waals surface area contributed by atoms with Gasteiger partial charge in [0.1, 0.15) is 17.9 Å². The fraction of sp³-hybridized carbons (Fsp3) is 0.211. The zero-order valence-electron chi connectivity index (χ0n) is 14.6. The van der Waals surface area contributed by atoms with E-state index in [9.17, 15) is 5.11 Å². The number of hydrogen-bond donors (Lipinski definition) is 2. The molecule has 5 nitrogen and oxygen atoms in total. The molecular weight excluding hydrogens is 364 g/mol. The van der Waals surface area contributed by atoms with E-state index in [1.807, 2.05) is 29.8 Å². The quantitative estimate of drug-likeness (QED) is 0.451. The fourth-order valence-corrected chi connectivity index (χ4v) is 4.31. The van der Waals surface area contributed by atoms with Gasteiger partial charge >= 0.3 is 0 Å². The Morgan fingerprint density at radius 3 is 2.69 bits per heavy atom. The number of aromatic hydroxyl groups is 1. The van der Waals surface area contributed by atoms with Gasteiger partial charge in [-0.15, -0.1) is 23.1 Å². The second kappa shape index (κ2) is 6.41. The average molecular weight is 383 g/mol. The molecule has 0 aliphatic carbocycles. The number of fused-ring (bicyclic) bond motifs is 2. The molecule has 0 aliphatic heterocycles. The SMILES string of the molecule is CC(C)(C)Sc1cc2c(Nc3ccc4scnc4c3)ncnc2cc1O. The number of thiazole rings is 1. The number of rotatable bonds is 3. The molecule has 0 fully saturated rings.